The summed E-state index contributed by atoms with van der Waals surface area (Å²) in [6.45, 7) is 8.22. The normalized spacial score (nSPS) is 28.2. The Morgan fingerprint density at radius 2 is 1.80 bits per heavy atom. The molecule has 4 nitrogen and oxygen atoms in total. The molecule has 1 aromatic carbocycles. The lowest BCUT2D eigenvalue weighted by atomic mass is 9.69. The minimum absolute atomic E-state index is 0.155. The third kappa shape index (κ3) is 2.86. The Morgan fingerprint density at radius 3 is 2.35 bits per heavy atom. The van der Waals surface area contributed by atoms with Crippen molar-refractivity contribution in [1.29, 1.82) is 0 Å². The second kappa shape index (κ2) is 5.19. The van der Waals surface area contributed by atoms with E-state index in [0.717, 1.165) is 5.56 Å². The molecule has 1 aliphatic heterocycles. The van der Waals surface area contributed by atoms with Gasteiger partial charge in [0.25, 0.3) is 0 Å². The van der Waals surface area contributed by atoms with E-state index in [2.05, 4.69) is 24.3 Å². The molecule has 0 aliphatic carbocycles. The van der Waals surface area contributed by atoms with Gasteiger partial charge in [0.2, 0.25) is 0 Å². The summed E-state index contributed by atoms with van der Waals surface area (Å²) in [5.74, 6) is -0.261. The van der Waals surface area contributed by atoms with E-state index in [9.17, 15) is 10.3 Å². The summed E-state index contributed by atoms with van der Waals surface area (Å²) in [5, 5.41) is 27.1. The number of aliphatic hydroxyl groups excluding tert-OH is 1. The third-order valence-corrected chi connectivity index (χ3v) is 4.01. The maximum Gasteiger partial charge on any atom is 0.0889 e. The minimum atomic E-state index is -0.694. The quantitative estimate of drug-likeness (QED) is 0.575. The Balaban J connectivity index is 2.38. The minimum Gasteiger partial charge on any atom is -0.411 e. The van der Waals surface area contributed by atoms with Crippen molar-refractivity contribution in [1.82, 2.24) is 5.32 Å². The molecular formula is C16H24N2O2. The highest BCUT2D eigenvalue weighted by atomic mass is 16.4. The van der Waals surface area contributed by atoms with Crippen LogP contribution in [0.5, 0.6) is 0 Å². The summed E-state index contributed by atoms with van der Waals surface area (Å²) in [6, 6.07) is 9.53. The van der Waals surface area contributed by atoms with Crippen LogP contribution in [0, 0.1) is 5.92 Å². The van der Waals surface area contributed by atoms with E-state index in [1.807, 2.05) is 44.2 Å². The Bertz CT molecular complexity index is 494. The molecule has 0 aromatic heterocycles. The molecular weight excluding hydrogens is 252 g/mol. The van der Waals surface area contributed by atoms with Gasteiger partial charge in [-0.15, -0.1) is 0 Å². The molecule has 1 aromatic rings. The standard InChI is InChI=1S/C16H24N2O2/c1-15(2)10-12(17-20)13(16(3,4)18-15)14(19)11-8-6-5-7-9-11/h5-9,13-14,18-20H,10H2,1-4H3/b17-12-/t13-,14-/m1/s1. The highest BCUT2D eigenvalue weighted by Gasteiger charge is 2.47. The fourth-order valence-corrected chi connectivity index (χ4v) is 3.49. The molecule has 20 heavy (non-hydrogen) atoms. The van der Waals surface area contributed by atoms with Gasteiger partial charge in [-0.2, -0.15) is 0 Å². The first-order valence-corrected chi connectivity index (χ1v) is 7.00. The van der Waals surface area contributed by atoms with Crippen LogP contribution in [-0.4, -0.2) is 27.1 Å². The van der Waals surface area contributed by atoms with E-state index < -0.39 is 6.10 Å². The van der Waals surface area contributed by atoms with E-state index >= 15 is 0 Å². The average molecular weight is 276 g/mol. The first-order valence-electron chi connectivity index (χ1n) is 7.00. The topological polar surface area (TPSA) is 64.9 Å². The van der Waals surface area contributed by atoms with E-state index in [1.54, 1.807) is 0 Å². The summed E-state index contributed by atoms with van der Waals surface area (Å²) >= 11 is 0. The Labute approximate surface area is 120 Å². The molecule has 1 saturated heterocycles. The maximum atomic E-state index is 10.7. The van der Waals surface area contributed by atoms with Gasteiger partial charge in [-0.05, 0) is 33.3 Å². The number of hydrogen-bond acceptors (Lipinski definition) is 4. The molecule has 0 saturated carbocycles. The molecule has 2 rings (SSSR count). The molecule has 1 aliphatic rings. The summed E-state index contributed by atoms with van der Waals surface area (Å²) in [5.41, 5.74) is 0.972. The number of benzene rings is 1. The van der Waals surface area contributed by atoms with Gasteiger partial charge in [-0.25, -0.2) is 0 Å². The van der Waals surface area contributed by atoms with E-state index in [-0.39, 0.29) is 17.0 Å². The van der Waals surface area contributed by atoms with E-state index in [1.165, 1.54) is 0 Å². The largest absolute Gasteiger partial charge is 0.411 e. The predicted molar refractivity (Wildman–Crippen MR) is 80.0 cm³/mol. The number of piperidine rings is 1. The molecule has 1 heterocycles. The fourth-order valence-electron chi connectivity index (χ4n) is 3.49. The molecule has 0 spiro atoms. The maximum absolute atomic E-state index is 10.7. The van der Waals surface area contributed by atoms with Crippen molar-refractivity contribution in [3.05, 3.63) is 35.9 Å². The highest BCUT2D eigenvalue weighted by Crippen LogP contribution is 2.39. The van der Waals surface area contributed by atoms with Crippen LogP contribution in [0.1, 0.15) is 45.8 Å². The summed E-state index contributed by atoms with van der Waals surface area (Å²) in [6.07, 6.45) is -0.0812. The molecule has 4 heteroatoms. The van der Waals surface area contributed by atoms with Gasteiger partial charge in [0.05, 0.1) is 11.8 Å². The number of rotatable bonds is 2. The van der Waals surface area contributed by atoms with Crippen molar-refractivity contribution in [2.24, 2.45) is 11.1 Å². The molecule has 110 valence electrons. The number of hydrogen-bond donors (Lipinski definition) is 3. The Hall–Kier alpha value is -1.39. The lowest BCUT2D eigenvalue weighted by molar-refractivity contribution is 0.0629. The van der Waals surface area contributed by atoms with Crippen LogP contribution in [0.4, 0.5) is 0 Å². The van der Waals surface area contributed by atoms with Crippen LogP contribution >= 0.6 is 0 Å². The van der Waals surface area contributed by atoms with Crippen molar-refractivity contribution < 1.29 is 10.3 Å². The van der Waals surface area contributed by atoms with Gasteiger partial charge in [0.1, 0.15) is 0 Å². The van der Waals surface area contributed by atoms with Crippen molar-refractivity contribution in [3.8, 4) is 0 Å². The summed E-state index contributed by atoms with van der Waals surface area (Å²) < 4.78 is 0. The second-order valence-electron chi connectivity index (χ2n) is 6.83. The number of nitrogens with one attached hydrogen (secondary N) is 1. The van der Waals surface area contributed by atoms with Crippen LogP contribution in [0.15, 0.2) is 35.5 Å². The van der Waals surface area contributed by atoms with Crippen molar-refractivity contribution in [2.75, 3.05) is 0 Å². The summed E-state index contributed by atoms with van der Waals surface area (Å²) in [4.78, 5) is 0. The monoisotopic (exact) mass is 276 g/mol. The van der Waals surface area contributed by atoms with Crippen LogP contribution < -0.4 is 5.32 Å². The van der Waals surface area contributed by atoms with Crippen molar-refractivity contribution in [3.63, 3.8) is 0 Å². The molecule has 2 atom stereocenters. The van der Waals surface area contributed by atoms with Crippen LogP contribution in [0.2, 0.25) is 0 Å². The number of nitrogens with zero attached hydrogens (tertiary/aromatic N) is 1. The van der Waals surface area contributed by atoms with Gasteiger partial charge in [0, 0.05) is 23.4 Å². The van der Waals surface area contributed by atoms with Crippen molar-refractivity contribution in [2.45, 2.75) is 51.3 Å². The molecule has 3 N–H and O–H groups in total. The first kappa shape index (κ1) is 15.0. The first-order chi connectivity index (χ1) is 9.27. The average Bonchev–Trinajstić information content (AvgIpc) is 2.36. The summed E-state index contributed by atoms with van der Waals surface area (Å²) in [7, 11) is 0. The van der Waals surface area contributed by atoms with Crippen LogP contribution in [0.25, 0.3) is 0 Å². The molecule has 1 fully saturated rings. The Morgan fingerprint density at radius 1 is 1.20 bits per heavy atom. The highest BCUT2D eigenvalue weighted by molar-refractivity contribution is 5.90. The fraction of sp³-hybridized carbons (Fsp3) is 0.562. The number of aliphatic hydroxyl groups is 1. The second-order valence-corrected chi connectivity index (χ2v) is 6.83. The molecule has 0 unspecified atom stereocenters. The van der Waals surface area contributed by atoms with Gasteiger partial charge < -0.3 is 15.6 Å². The lowest BCUT2D eigenvalue weighted by Gasteiger charge is -2.49. The zero-order valence-corrected chi connectivity index (χ0v) is 12.6. The van der Waals surface area contributed by atoms with Crippen molar-refractivity contribution >= 4 is 5.71 Å². The zero-order valence-electron chi connectivity index (χ0n) is 12.6. The third-order valence-electron chi connectivity index (χ3n) is 4.01. The Kier molecular flexibility index (Phi) is 3.89. The van der Waals surface area contributed by atoms with Crippen LogP contribution in [0.3, 0.4) is 0 Å². The van der Waals surface area contributed by atoms with Gasteiger partial charge in [0.15, 0.2) is 0 Å². The zero-order chi connectivity index (χ0) is 15.0. The molecule has 0 bridgehead atoms. The van der Waals surface area contributed by atoms with E-state index in [0.29, 0.717) is 12.1 Å². The predicted octanol–water partition coefficient (Wildman–Crippen LogP) is 2.72. The lowest BCUT2D eigenvalue weighted by Crippen LogP contribution is -2.64. The van der Waals surface area contributed by atoms with Gasteiger partial charge in [-0.1, -0.05) is 35.5 Å². The van der Waals surface area contributed by atoms with Gasteiger partial charge >= 0.3 is 0 Å². The van der Waals surface area contributed by atoms with Crippen LogP contribution in [-0.2, 0) is 0 Å². The van der Waals surface area contributed by atoms with Gasteiger partial charge in [-0.3, -0.25) is 0 Å². The SMILES string of the molecule is CC1(C)C/C(=N/O)[C@H]([C@H](O)c2ccccc2)C(C)(C)N1. The number of oxime groups is 1. The molecule has 0 amide bonds. The van der Waals surface area contributed by atoms with E-state index in [4.69, 9.17) is 0 Å². The smallest absolute Gasteiger partial charge is 0.0889 e. The molecule has 0 radical (unpaired) electrons.